The lowest BCUT2D eigenvalue weighted by molar-refractivity contribution is -0.113. The maximum atomic E-state index is 13.1. The molecule has 0 fully saturated rings. The van der Waals surface area contributed by atoms with Gasteiger partial charge in [-0.05, 0) is 71.1 Å². The number of nitrogens with zero attached hydrogens (tertiary/aromatic N) is 4. The van der Waals surface area contributed by atoms with Crippen LogP contribution in [0.3, 0.4) is 0 Å². The molecule has 0 bridgehead atoms. The second-order valence-electron chi connectivity index (χ2n) is 8.00. The lowest BCUT2D eigenvalue weighted by Gasteiger charge is -2.11. The van der Waals surface area contributed by atoms with Gasteiger partial charge in [0, 0.05) is 22.2 Å². The van der Waals surface area contributed by atoms with E-state index in [4.69, 9.17) is 4.42 Å². The molecule has 0 saturated carbocycles. The quantitative estimate of drug-likeness (QED) is 0.208. The molecule has 0 saturated heterocycles. The first-order valence-corrected chi connectivity index (χ1v) is 12.6. The molecule has 2 N–H and O–H groups in total. The maximum absolute atomic E-state index is 13.1. The van der Waals surface area contributed by atoms with Crippen molar-refractivity contribution < 1.29 is 14.0 Å². The average molecular weight is 523 g/mol. The third kappa shape index (κ3) is 6.23. The molecule has 188 valence electrons. The Kier molecular flexibility index (Phi) is 7.71. The number of furan rings is 1. The van der Waals surface area contributed by atoms with Crippen molar-refractivity contribution in [3.63, 3.8) is 0 Å². The summed E-state index contributed by atoms with van der Waals surface area (Å²) in [6.45, 7) is 0. The molecule has 0 spiro atoms. The van der Waals surface area contributed by atoms with Crippen molar-refractivity contribution >= 4 is 35.3 Å². The van der Waals surface area contributed by atoms with E-state index in [0.29, 0.717) is 22.8 Å². The van der Waals surface area contributed by atoms with Gasteiger partial charge in [0.25, 0.3) is 11.8 Å². The minimum Gasteiger partial charge on any atom is -0.465 e. The van der Waals surface area contributed by atoms with Crippen LogP contribution in [0.25, 0.3) is 11.8 Å². The third-order valence-corrected chi connectivity index (χ3v) is 6.38. The Bertz CT molecular complexity index is 1530. The summed E-state index contributed by atoms with van der Waals surface area (Å²) >= 11 is 1.57. The van der Waals surface area contributed by atoms with E-state index in [2.05, 4.69) is 26.2 Å². The van der Waals surface area contributed by atoms with Crippen LogP contribution in [0.15, 0.2) is 118 Å². The van der Waals surface area contributed by atoms with Crippen LogP contribution in [0, 0.1) is 0 Å². The molecule has 9 nitrogen and oxygen atoms in total. The smallest absolute Gasteiger partial charge is 0.272 e. The number of aromatic nitrogens is 4. The number of para-hydroxylation sites is 1. The number of nitrogens with one attached hydrogen (secondary N) is 2. The van der Waals surface area contributed by atoms with E-state index in [9.17, 15) is 9.59 Å². The van der Waals surface area contributed by atoms with Crippen molar-refractivity contribution in [2.45, 2.75) is 10.6 Å². The molecule has 0 atom stereocenters. The number of hydrogen-bond acceptors (Lipinski definition) is 7. The molecule has 10 heteroatoms. The number of benzene rings is 3. The first-order chi connectivity index (χ1) is 18.7. The fraction of sp³-hybridized carbons (Fsp3) is 0.0357. The molecule has 38 heavy (non-hydrogen) atoms. The van der Waals surface area contributed by atoms with E-state index in [0.717, 1.165) is 16.4 Å². The number of anilines is 1. The zero-order valence-electron chi connectivity index (χ0n) is 20.0. The Morgan fingerprint density at radius 1 is 0.895 bits per heavy atom. The zero-order chi connectivity index (χ0) is 26.2. The number of carbonyl (C=O) groups excluding carboxylic acids is 2. The predicted molar refractivity (Wildman–Crippen MR) is 144 cm³/mol. The van der Waals surface area contributed by atoms with E-state index in [1.165, 1.54) is 12.3 Å². The Balaban J connectivity index is 1.24. The largest absolute Gasteiger partial charge is 0.465 e. The number of carbonyl (C=O) groups is 2. The normalized spacial score (nSPS) is 11.2. The van der Waals surface area contributed by atoms with Crippen molar-refractivity contribution in [1.82, 2.24) is 25.5 Å². The van der Waals surface area contributed by atoms with E-state index in [-0.39, 0.29) is 5.70 Å². The van der Waals surface area contributed by atoms with Gasteiger partial charge in [0.2, 0.25) is 0 Å². The molecule has 2 heterocycles. The summed E-state index contributed by atoms with van der Waals surface area (Å²) in [5.74, 6) is 0.847. The van der Waals surface area contributed by atoms with Crippen LogP contribution in [0.2, 0.25) is 0 Å². The fourth-order valence-corrected chi connectivity index (χ4v) is 4.31. The molecule has 2 aromatic heterocycles. The minimum atomic E-state index is -0.479. The van der Waals surface area contributed by atoms with Crippen LogP contribution in [-0.2, 0) is 10.5 Å². The minimum absolute atomic E-state index is 0.0556. The molecule has 0 aliphatic carbocycles. The highest BCUT2D eigenvalue weighted by atomic mass is 32.2. The number of tetrazole rings is 1. The van der Waals surface area contributed by atoms with Crippen molar-refractivity contribution in [3.05, 3.63) is 126 Å². The van der Waals surface area contributed by atoms with Crippen LogP contribution >= 0.6 is 11.8 Å². The van der Waals surface area contributed by atoms with Gasteiger partial charge in [0.1, 0.15) is 11.5 Å². The van der Waals surface area contributed by atoms with E-state index in [1.54, 1.807) is 65.0 Å². The molecular weight excluding hydrogens is 500 g/mol. The summed E-state index contributed by atoms with van der Waals surface area (Å²) in [5.41, 5.74) is 1.96. The fourth-order valence-electron chi connectivity index (χ4n) is 3.50. The van der Waals surface area contributed by atoms with E-state index < -0.39 is 11.8 Å². The van der Waals surface area contributed by atoms with Crippen LogP contribution in [0.5, 0.6) is 0 Å². The lowest BCUT2D eigenvalue weighted by Crippen LogP contribution is -2.30. The highest BCUT2D eigenvalue weighted by Gasteiger charge is 2.16. The molecule has 0 radical (unpaired) electrons. The Labute approximate surface area is 222 Å². The van der Waals surface area contributed by atoms with Crippen molar-refractivity contribution in [1.29, 1.82) is 0 Å². The molecule has 3 aromatic carbocycles. The molecule has 0 aliphatic heterocycles. The number of amides is 2. The van der Waals surface area contributed by atoms with Crippen molar-refractivity contribution in [2.24, 2.45) is 0 Å². The van der Waals surface area contributed by atoms with Gasteiger partial charge in [-0.1, -0.05) is 36.4 Å². The van der Waals surface area contributed by atoms with Crippen LogP contribution in [0.4, 0.5) is 5.69 Å². The summed E-state index contributed by atoms with van der Waals surface area (Å²) in [4.78, 5) is 26.7. The van der Waals surface area contributed by atoms with Crippen LogP contribution < -0.4 is 10.6 Å². The topological polar surface area (TPSA) is 115 Å². The standard InChI is InChI=1S/C28H22N6O3S/c35-27(20-8-3-1-4-9-20)30-25(18-23-12-7-17-37-23)28(36)29-21-13-15-24(16-14-21)38-19-26-31-32-33-34(26)22-10-5-2-6-11-22/h1-18H,19H2,(H,29,36)(H,30,35)/b25-18-. The van der Waals surface area contributed by atoms with E-state index in [1.807, 2.05) is 48.5 Å². The molecule has 0 unspecified atom stereocenters. The summed E-state index contributed by atoms with van der Waals surface area (Å²) in [7, 11) is 0. The number of rotatable bonds is 9. The van der Waals surface area contributed by atoms with Gasteiger partial charge in [-0.15, -0.1) is 16.9 Å². The Hall–Kier alpha value is -4.96. The predicted octanol–water partition coefficient (Wildman–Crippen LogP) is 4.96. The summed E-state index contributed by atoms with van der Waals surface area (Å²) in [6.07, 6.45) is 2.98. The van der Waals surface area contributed by atoms with Crippen molar-refractivity contribution in [2.75, 3.05) is 5.32 Å². The highest BCUT2D eigenvalue weighted by Crippen LogP contribution is 2.24. The van der Waals surface area contributed by atoms with Gasteiger partial charge < -0.3 is 15.1 Å². The summed E-state index contributed by atoms with van der Waals surface area (Å²) in [6, 6.07) is 29.2. The van der Waals surface area contributed by atoms with Gasteiger partial charge in [-0.2, -0.15) is 4.68 Å². The molecule has 2 amide bonds. The van der Waals surface area contributed by atoms with Crippen LogP contribution in [0.1, 0.15) is 21.9 Å². The third-order valence-electron chi connectivity index (χ3n) is 5.37. The van der Waals surface area contributed by atoms with Crippen molar-refractivity contribution in [3.8, 4) is 5.69 Å². The monoisotopic (exact) mass is 522 g/mol. The Morgan fingerprint density at radius 2 is 1.63 bits per heavy atom. The molecule has 5 rings (SSSR count). The van der Waals surface area contributed by atoms with Gasteiger partial charge >= 0.3 is 0 Å². The first kappa shape index (κ1) is 24.7. The van der Waals surface area contributed by atoms with Gasteiger partial charge in [0.05, 0.1) is 17.7 Å². The molecular formula is C28H22N6O3S. The van der Waals surface area contributed by atoms with Gasteiger partial charge in [-0.3, -0.25) is 9.59 Å². The highest BCUT2D eigenvalue weighted by molar-refractivity contribution is 7.98. The lowest BCUT2D eigenvalue weighted by atomic mass is 10.2. The SMILES string of the molecule is O=C(Nc1ccc(SCc2nnnn2-c2ccccc2)cc1)/C(=C/c1ccco1)NC(=O)c1ccccc1. The van der Waals surface area contributed by atoms with Gasteiger partial charge in [-0.25, -0.2) is 0 Å². The Morgan fingerprint density at radius 3 is 2.34 bits per heavy atom. The average Bonchev–Trinajstić information content (AvgIpc) is 3.65. The van der Waals surface area contributed by atoms with Crippen LogP contribution in [-0.4, -0.2) is 32.0 Å². The molecule has 5 aromatic rings. The zero-order valence-corrected chi connectivity index (χ0v) is 20.8. The van der Waals surface area contributed by atoms with Gasteiger partial charge in [0.15, 0.2) is 5.82 Å². The second kappa shape index (κ2) is 11.8. The van der Waals surface area contributed by atoms with E-state index >= 15 is 0 Å². The number of thioether (sulfide) groups is 1. The summed E-state index contributed by atoms with van der Waals surface area (Å²) in [5, 5.41) is 17.5. The second-order valence-corrected chi connectivity index (χ2v) is 9.05. The maximum Gasteiger partial charge on any atom is 0.272 e. The number of hydrogen-bond donors (Lipinski definition) is 2. The first-order valence-electron chi connectivity index (χ1n) is 11.6. The molecule has 0 aliphatic rings. The summed E-state index contributed by atoms with van der Waals surface area (Å²) < 4.78 is 7.04.